The Labute approximate surface area is 171 Å². The minimum Gasteiger partial charge on any atom is -0.465 e. The van der Waals surface area contributed by atoms with Crippen LogP contribution in [0.4, 0.5) is 0 Å². The fourth-order valence-corrected chi connectivity index (χ4v) is 3.40. The zero-order valence-electron chi connectivity index (χ0n) is 19.3. The molecule has 27 heavy (non-hydrogen) atoms. The molecule has 0 radical (unpaired) electrons. The van der Waals surface area contributed by atoms with Crippen molar-refractivity contribution >= 4 is 5.97 Å². The van der Waals surface area contributed by atoms with E-state index in [1.165, 1.54) is 89.9 Å². The van der Waals surface area contributed by atoms with E-state index in [9.17, 15) is 4.79 Å². The number of unbranched alkanes of at least 4 members (excludes halogenated alkanes) is 14. The molecule has 0 aliphatic rings. The third-order valence-electron chi connectivity index (χ3n) is 5.44. The van der Waals surface area contributed by atoms with Crippen LogP contribution < -0.4 is 6.15 Å². The summed E-state index contributed by atoms with van der Waals surface area (Å²) in [6, 6.07) is 0. The normalized spacial score (nSPS) is 11.3. The van der Waals surface area contributed by atoms with Crippen molar-refractivity contribution < 1.29 is 9.53 Å². The average molecular weight is 386 g/mol. The lowest BCUT2D eigenvalue weighted by molar-refractivity contribution is -0.154. The van der Waals surface area contributed by atoms with Crippen molar-refractivity contribution in [1.29, 1.82) is 0 Å². The lowest BCUT2D eigenvalue weighted by Crippen LogP contribution is -2.27. The van der Waals surface area contributed by atoms with Gasteiger partial charge in [-0.1, -0.05) is 110 Å². The first-order chi connectivity index (χ1) is 12.5. The van der Waals surface area contributed by atoms with Gasteiger partial charge in [-0.2, -0.15) is 0 Å². The van der Waals surface area contributed by atoms with Gasteiger partial charge < -0.3 is 10.9 Å². The molecule has 3 nitrogen and oxygen atoms in total. The van der Waals surface area contributed by atoms with Crippen molar-refractivity contribution in [3.05, 3.63) is 0 Å². The van der Waals surface area contributed by atoms with Crippen LogP contribution in [0.15, 0.2) is 0 Å². The predicted molar refractivity (Wildman–Crippen MR) is 120 cm³/mol. The Bertz CT molecular complexity index is 316. The number of ether oxygens (including phenoxy) is 1. The molecule has 0 saturated heterocycles. The Morgan fingerprint density at radius 3 is 1.44 bits per heavy atom. The minimum absolute atomic E-state index is 0. The summed E-state index contributed by atoms with van der Waals surface area (Å²) in [5, 5.41) is 0. The van der Waals surface area contributed by atoms with Crippen LogP contribution in [0.2, 0.25) is 0 Å². The molecule has 0 heterocycles. The van der Waals surface area contributed by atoms with Crippen LogP contribution in [-0.4, -0.2) is 12.6 Å². The van der Waals surface area contributed by atoms with Gasteiger partial charge in [0, 0.05) is 0 Å². The maximum atomic E-state index is 12.3. The van der Waals surface area contributed by atoms with Gasteiger partial charge in [0.2, 0.25) is 0 Å². The number of rotatable bonds is 19. The van der Waals surface area contributed by atoms with Crippen LogP contribution in [0.1, 0.15) is 137 Å². The van der Waals surface area contributed by atoms with Gasteiger partial charge >= 0.3 is 5.97 Å². The second kappa shape index (κ2) is 20.2. The molecular formula is C24H51NO2. The summed E-state index contributed by atoms with van der Waals surface area (Å²) in [5.74, 6) is 0.00314. The Kier molecular flexibility index (Phi) is 21.4. The molecule has 0 fully saturated rings. The molecule has 0 aliphatic heterocycles. The van der Waals surface area contributed by atoms with E-state index in [1.54, 1.807) is 0 Å². The van der Waals surface area contributed by atoms with E-state index in [2.05, 4.69) is 13.8 Å². The molecule has 0 amide bonds. The first-order valence-corrected chi connectivity index (χ1v) is 11.7. The zero-order valence-corrected chi connectivity index (χ0v) is 19.3. The van der Waals surface area contributed by atoms with Crippen LogP contribution >= 0.6 is 0 Å². The highest BCUT2D eigenvalue weighted by Crippen LogP contribution is 2.26. The van der Waals surface area contributed by atoms with Crippen LogP contribution in [0, 0.1) is 5.41 Å². The van der Waals surface area contributed by atoms with E-state index in [0.717, 1.165) is 19.3 Å². The summed E-state index contributed by atoms with van der Waals surface area (Å²) in [4.78, 5) is 12.3. The molecular weight excluding hydrogens is 334 g/mol. The maximum absolute atomic E-state index is 12.3. The molecule has 0 unspecified atom stereocenters. The molecule has 0 aliphatic carbocycles. The van der Waals surface area contributed by atoms with Gasteiger partial charge in [0.25, 0.3) is 0 Å². The van der Waals surface area contributed by atoms with Crippen molar-refractivity contribution in [3.63, 3.8) is 0 Å². The van der Waals surface area contributed by atoms with Gasteiger partial charge in [0.15, 0.2) is 0 Å². The molecule has 0 spiro atoms. The van der Waals surface area contributed by atoms with Crippen molar-refractivity contribution in [3.8, 4) is 0 Å². The Balaban J connectivity index is 0. The molecule has 0 saturated carbocycles. The van der Waals surface area contributed by atoms with E-state index in [0.29, 0.717) is 6.61 Å². The molecule has 0 rings (SSSR count). The van der Waals surface area contributed by atoms with Crippen molar-refractivity contribution in [2.24, 2.45) is 5.41 Å². The van der Waals surface area contributed by atoms with E-state index < -0.39 is 0 Å². The first-order valence-electron chi connectivity index (χ1n) is 11.7. The lowest BCUT2D eigenvalue weighted by Gasteiger charge is -2.22. The van der Waals surface area contributed by atoms with Gasteiger partial charge in [-0.05, 0) is 26.7 Å². The molecule has 0 bridgehead atoms. The minimum atomic E-state index is -0.317. The van der Waals surface area contributed by atoms with E-state index >= 15 is 0 Å². The van der Waals surface area contributed by atoms with E-state index in [1.807, 2.05) is 13.8 Å². The summed E-state index contributed by atoms with van der Waals surface area (Å²) in [5.41, 5.74) is -0.317. The third-order valence-corrected chi connectivity index (χ3v) is 5.44. The zero-order chi connectivity index (χ0) is 19.5. The fraction of sp³-hybridized carbons (Fsp3) is 0.958. The molecule has 3 N–H and O–H groups in total. The van der Waals surface area contributed by atoms with Gasteiger partial charge in [-0.25, -0.2) is 0 Å². The van der Waals surface area contributed by atoms with Crippen LogP contribution in [0.25, 0.3) is 0 Å². The van der Waals surface area contributed by atoms with Crippen molar-refractivity contribution in [1.82, 2.24) is 6.15 Å². The second-order valence-corrected chi connectivity index (χ2v) is 8.72. The average Bonchev–Trinajstić information content (AvgIpc) is 2.62. The van der Waals surface area contributed by atoms with Gasteiger partial charge in [-0.15, -0.1) is 0 Å². The molecule has 0 aromatic rings. The summed E-state index contributed by atoms with van der Waals surface area (Å²) >= 11 is 0. The predicted octanol–water partition coefficient (Wildman–Crippen LogP) is 8.39. The van der Waals surface area contributed by atoms with Crippen LogP contribution in [-0.2, 0) is 9.53 Å². The van der Waals surface area contributed by atoms with Crippen molar-refractivity contribution in [2.45, 2.75) is 137 Å². The number of carbonyl (C=O) groups excluding carboxylic acids is 1. The number of hydrogen-bond acceptors (Lipinski definition) is 3. The SMILES string of the molecule is CCCCCCCCCCOC(=O)C(C)(C)CCCCCCCCCC.N. The van der Waals surface area contributed by atoms with Crippen LogP contribution in [0.3, 0.4) is 0 Å². The highest BCUT2D eigenvalue weighted by Gasteiger charge is 2.28. The highest BCUT2D eigenvalue weighted by atomic mass is 16.5. The molecule has 164 valence electrons. The number of hydrogen-bond donors (Lipinski definition) is 1. The van der Waals surface area contributed by atoms with Crippen molar-refractivity contribution in [2.75, 3.05) is 6.61 Å². The second-order valence-electron chi connectivity index (χ2n) is 8.72. The molecule has 0 aromatic heterocycles. The van der Waals surface area contributed by atoms with Gasteiger partial charge in [0.1, 0.15) is 0 Å². The van der Waals surface area contributed by atoms with E-state index in [-0.39, 0.29) is 17.5 Å². The number of esters is 1. The maximum Gasteiger partial charge on any atom is 0.311 e. The third kappa shape index (κ3) is 18.6. The Morgan fingerprint density at radius 1 is 0.630 bits per heavy atom. The van der Waals surface area contributed by atoms with Gasteiger partial charge in [0.05, 0.1) is 12.0 Å². The highest BCUT2D eigenvalue weighted by molar-refractivity contribution is 5.75. The molecule has 0 atom stereocenters. The topological polar surface area (TPSA) is 61.3 Å². The molecule has 3 heteroatoms. The first kappa shape index (κ1) is 28.6. The lowest BCUT2D eigenvalue weighted by atomic mass is 9.87. The summed E-state index contributed by atoms with van der Waals surface area (Å²) in [6.45, 7) is 9.21. The largest absolute Gasteiger partial charge is 0.465 e. The fourth-order valence-electron chi connectivity index (χ4n) is 3.40. The Morgan fingerprint density at radius 2 is 1.00 bits per heavy atom. The van der Waals surface area contributed by atoms with Gasteiger partial charge in [-0.3, -0.25) is 4.79 Å². The number of carbonyl (C=O) groups is 1. The standard InChI is InChI=1S/C24H48O2.H3N/c1-5-7-9-11-13-15-17-19-21-24(3,4)23(25)26-22-20-18-16-14-12-10-8-6-2;/h5-22H2,1-4H3;1H3. The smallest absolute Gasteiger partial charge is 0.311 e. The van der Waals surface area contributed by atoms with E-state index in [4.69, 9.17) is 4.74 Å². The molecule has 0 aromatic carbocycles. The summed E-state index contributed by atoms with van der Waals surface area (Å²) in [6.07, 6.45) is 21.7. The quantitative estimate of drug-likeness (QED) is 0.179. The summed E-state index contributed by atoms with van der Waals surface area (Å²) in [7, 11) is 0. The Hall–Kier alpha value is -0.570. The monoisotopic (exact) mass is 385 g/mol. The summed E-state index contributed by atoms with van der Waals surface area (Å²) < 4.78 is 5.54. The van der Waals surface area contributed by atoms with Crippen LogP contribution in [0.5, 0.6) is 0 Å².